The normalized spacial score (nSPS) is 11.7. The molecule has 0 spiro atoms. The fraction of sp³-hybridized carbons (Fsp3) is 0.750. The lowest BCUT2D eigenvalue weighted by atomic mass is 10.2. The summed E-state index contributed by atoms with van der Waals surface area (Å²) in [7, 11) is 0. The number of hydrogen-bond acceptors (Lipinski definition) is 4. The Morgan fingerprint density at radius 1 is 1.00 bits per heavy atom. The largest absolute Gasteiger partial charge is 0.382 e. The molecule has 0 aromatic carbocycles. The Kier molecular flexibility index (Phi) is 6.93. The van der Waals surface area contributed by atoms with Gasteiger partial charge in [0.2, 0.25) is 0 Å². The molecule has 114 valence electrons. The average molecular weight is 278 g/mol. The standard InChI is InChI=1S/C16H30N4/c1-11(2)7-17-9-15-14(18-8-12(3)4)10-19-16(20-15)13(5)6/h10-13,17-18H,7-9H2,1-6H3. The van der Waals surface area contributed by atoms with E-state index < -0.39 is 0 Å². The van der Waals surface area contributed by atoms with E-state index in [1.54, 1.807) is 0 Å². The molecule has 1 rings (SSSR count). The van der Waals surface area contributed by atoms with E-state index in [2.05, 4.69) is 57.2 Å². The Hall–Kier alpha value is -1.16. The van der Waals surface area contributed by atoms with E-state index in [4.69, 9.17) is 4.98 Å². The van der Waals surface area contributed by atoms with Crippen molar-refractivity contribution in [3.8, 4) is 0 Å². The Morgan fingerprint density at radius 3 is 2.20 bits per heavy atom. The molecular formula is C16H30N4. The van der Waals surface area contributed by atoms with Crippen molar-refractivity contribution in [3.63, 3.8) is 0 Å². The fourth-order valence-electron chi connectivity index (χ4n) is 1.79. The maximum absolute atomic E-state index is 4.71. The van der Waals surface area contributed by atoms with Crippen LogP contribution in [0.3, 0.4) is 0 Å². The summed E-state index contributed by atoms with van der Waals surface area (Å²) in [4.78, 5) is 9.17. The lowest BCUT2D eigenvalue weighted by molar-refractivity contribution is 0.546. The van der Waals surface area contributed by atoms with Crippen LogP contribution in [0.25, 0.3) is 0 Å². The molecule has 0 unspecified atom stereocenters. The number of anilines is 1. The molecule has 0 aliphatic heterocycles. The molecule has 4 heteroatoms. The zero-order valence-corrected chi connectivity index (χ0v) is 13.8. The van der Waals surface area contributed by atoms with Crippen molar-refractivity contribution < 1.29 is 0 Å². The first-order valence-electron chi connectivity index (χ1n) is 7.70. The third-order valence-corrected chi connectivity index (χ3v) is 2.95. The molecule has 0 fully saturated rings. The minimum absolute atomic E-state index is 0.359. The highest BCUT2D eigenvalue weighted by molar-refractivity contribution is 5.46. The van der Waals surface area contributed by atoms with Crippen LogP contribution in [0, 0.1) is 11.8 Å². The zero-order chi connectivity index (χ0) is 15.1. The van der Waals surface area contributed by atoms with Crippen LogP contribution in [0.5, 0.6) is 0 Å². The predicted octanol–water partition coefficient (Wildman–Crippen LogP) is 3.41. The number of aromatic nitrogens is 2. The van der Waals surface area contributed by atoms with E-state index in [-0.39, 0.29) is 0 Å². The summed E-state index contributed by atoms with van der Waals surface area (Å²) in [5.74, 6) is 2.53. The van der Waals surface area contributed by atoms with Gasteiger partial charge in [0.15, 0.2) is 0 Å². The van der Waals surface area contributed by atoms with Crippen LogP contribution in [0.15, 0.2) is 6.20 Å². The van der Waals surface area contributed by atoms with Crippen molar-refractivity contribution in [1.29, 1.82) is 0 Å². The van der Waals surface area contributed by atoms with E-state index in [0.29, 0.717) is 17.8 Å². The molecule has 2 N–H and O–H groups in total. The van der Waals surface area contributed by atoms with E-state index in [0.717, 1.165) is 36.8 Å². The average Bonchev–Trinajstić information content (AvgIpc) is 2.36. The quantitative estimate of drug-likeness (QED) is 0.765. The van der Waals surface area contributed by atoms with Crippen molar-refractivity contribution in [2.24, 2.45) is 11.8 Å². The molecular weight excluding hydrogens is 248 g/mol. The Labute approximate surface area is 123 Å². The number of hydrogen-bond donors (Lipinski definition) is 2. The Bertz CT molecular complexity index is 399. The summed E-state index contributed by atoms with van der Waals surface area (Å²) < 4.78 is 0. The van der Waals surface area contributed by atoms with Crippen molar-refractivity contribution in [2.45, 2.75) is 54.0 Å². The van der Waals surface area contributed by atoms with Gasteiger partial charge in [-0.25, -0.2) is 9.97 Å². The van der Waals surface area contributed by atoms with Gasteiger partial charge in [-0.1, -0.05) is 41.5 Å². The smallest absolute Gasteiger partial charge is 0.131 e. The minimum atomic E-state index is 0.359. The van der Waals surface area contributed by atoms with Gasteiger partial charge in [-0.15, -0.1) is 0 Å². The molecule has 0 atom stereocenters. The zero-order valence-electron chi connectivity index (χ0n) is 13.8. The molecule has 1 heterocycles. The third-order valence-electron chi connectivity index (χ3n) is 2.95. The SMILES string of the molecule is CC(C)CNCc1nc(C(C)C)ncc1NCC(C)C. The van der Waals surface area contributed by atoms with Crippen LogP contribution >= 0.6 is 0 Å². The van der Waals surface area contributed by atoms with Crippen LogP contribution in [-0.4, -0.2) is 23.1 Å². The molecule has 0 bridgehead atoms. The summed E-state index contributed by atoms with van der Waals surface area (Å²) >= 11 is 0. The molecule has 0 aliphatic rings. The maximum atomic E-state index is 4.71. The van der Waals surface area contributed by atoms with Crippen LogP contribution in [-0.2, 0) is 6.54 Å². The minimum Gasteiger partial charge on any atom is -0.382 e. The fourth-order valence-corrected chi connectivity index (χ4v) is 1.79. The van der Waals surface area contributed by atoms with Crippen LogP contribution in [0.2, 0.25) is 0 Å². The van der Waals surface area contributed by atoms with Gasteiger partial charge >= 0.3 is 0 Å². The first kappa shape index (κ1) is 16.9. The summed E-state index contributed by atoms with van der Waals surface area (Å²) in [5.41, 5.74) is 2.13. The van der Waals surface area contributed by atoms with Crippen molar-refractivity contribution in [2.75, 3.05) is 18.4 Å². The van der Waals surface area contributed by atoms with Crippen LogP contribution < -0.4 is 10.6 Å². The molecule has 0 radical (unpaired) electrons. The Balaban J connectivity index is 2.79. The van der Waals surface area contributed by atoms with E-state index >= 15 is 0 Å². The Morgan fingerprint density at radius 2 is 1.65 bits per heavy atom. The molecule has 0 amide bonds. The molecule has 20 heavy (non-hydrogen) atoms. The highest BCUT2D eigenvalue weighted by Gasteiger charge is 2.10. The van der Waals surface area contributed by atoms with Crippen molar-refractivity contribution in [1.82, 2.24) is 15.3 Å². The molecule has 0 saturated heterocycles. The predicted molar refractivity (Wildman–Crippen MR) is 86.0 cm³/mol. The monoisotopic (exact) mass is 278 g/mol. The highest BCUT2D eigenvalue weighted by atomic mass is 15.0. The summed E-state index contributed by atoms with van der Waals surface area (Å²) in [6.07, 6.45) is 1.93. The van der Waals surface area contributed by atoms with Gasteiger partial charge < -0.3 is 10.6 Å². The van der Waals surface area contributed by atoms with Gasteiger partial charge in [-0.3, -0.25) is 0 Å². The van der Waals surface area contributed by atoms with E-state index in [1.807, 2.05) is 6.20 Å². The molecule has 0 saturated carbocycles. The molecule has 1 aromatic heterocycles. The van der Waals surface area contributed by atoms with Gasteiger partial charge in [0.25, 0.3) is 0 Å². The van der Waals surface area contributed by atoms with Gasteiger partial charge in [0.05, 0.1) is 17.6 Å². The second-order valence-electron chi connectivity index (χ2n) is 6.54. The first-order valence-corrected chi connectivity index (χ1v) is 7.70. The van der Waals surface area contributed by atoms with Gasteiger partial charge in [0, 0.05) is 19.0 Å². The van der Waals surface area contributed by atoms with Crippen molar-refractivity contribution >= 4 is 5.69 Å². The summed E-state index contributed by atoms with van der Waals surface area (Å²) in [5, 5.41) is 6.92. The topological polar surface area (TPSA) is 49.8 Å². The summed E-state index contributed by atoms with van der Waals surface area (Å²) in [6.45, 7) is 15.8. The summed E-state index contributed by atoms with van der Waals surface area (Å²) in [6, 6.07) is 0. The number of rotatable bonds is 8. The third kappa shape index (κ3) is 5.87. The first-order chi connectivity index (χ1) is 9.40. The molecule has 0 aliphatic carbocycles. The van der Waals surface area contributed by atoms with Crippen LogP contribution in [0.1, 0.15) is 59.0 Å². The second-order valence-corrected chi connectivity index (χ2v) is 6.54. The maximum Gasteiger partial charge on any atom is 0.131 e. The lowest BCUT2D eigenvalue weighted by Gasteiger charge is -2.15. The second kappa shape index (κ2) is 8.20. The van der Waals surface area contributed by atoms with Gasteiger partial charge in [-0.2, -0.15) is 0 Å². The number of nitrogens with one attached hydrogen (secondary N) is 2. The van der Waals surface area contributed by atoms with Gasteiger partial charge in [0.1, 0.15) is 5.82 Å². The molecule has 4 nitrogen and oxygen atoms in total. The van der Waals surface area contributed by atoms with Crippen molar-refractivity contribution in [3.05, 3.63) is 17.7 Å². The van der Waals surface area contributed by atoms with Crippen LogP contribution in [0.4, 0.5) is 5.69 Å². The lowest BCUT2D eigenvalue weighted by Crippen LogP contribution is -2.22. The van der Waals surface area contributed by atoms with E-state index in [9.17, 15) is 0 Å². The number of nitrogens with zero attached hydrogens (tertiary/aromatic N) is 2. The van der Waals surface area contributed by atoms with Gasteiger partial charge in [-0.05, 0) is 18.4 Å². The van der Waals surface area contributed by atoms with E-state index in [1.165, 1.54) is 0 Å². The highest BCUT2D eigenvalue weighted by Crippen LogP contribution is 2.16. The molecule has 1 aromatic rings.